The second-order valence-electron chi connectivity index (χ2n) is 3.31. The molecule has 2 nitrogen and oxygen atoms in total. The van der Waals surface area contributed by atoms with Crippen LogP contribution in [0.15, 0.2) is 24.3 Å². The van der Waals surface area contributed by atoms with E-state index in [0.29, 0.717) is 0 Å². The van der Waals surface area contributed by atoms with Crippen LogP contribution in [-0.2, 0) is 4.79 Å². The summed E-state index contributed by atoms with van der Waals surface area (Å²) in [5.41, 5.74) is 0.152. The first-order valence-corrected chi connectivity index (χ1v) is 4.63. The first kappa shape index (κ1) is 17.1. The molecule has 88 valence electrons. The molecule has 0 atom stereocenters. The molecule has 0 aliphatic carbocycles. The summed E-state index contributed by atoms with van der Waals surface area (Å²) in [7, 11) is 0. The molecule has 0 aromatic heterocycles. The molecule has 1 rings (SSSR count). The SMILES string of the molecule is O=C(CC[B-](F)(F)F)Nc1cccc(F)c1.[K+]. The van der Waals surface area contributed by atoms with Crippen molar-refractivity contribution in [2.75, 3.05) is 5.32 Å². The number of amides is 1. The van der Waals surface area contributed by atoms with Crippen molar-refractivity contribution in [3.63, 3.8) is 0 Å². The molecule has 0 saturated carbocycles. The van der Waals surface area contributed by atoms with E-state index in [9.17, 15) is 22.1 Å². The van der Waals surface area contributed by atoms with Crippen molar-refractivity contribution in [3.05, 3.63) is 30.1 Å². The molecule has 0 unspecified atom stereocenters. The topological polar surface area (TPSA) is 29.1 Å². The van der Waals surface area contributed by atoms with Crippen molar-refractivity contribution in [1.82, 2.24) is 0 Å². The Kier molecular flexibility index (Phi) is 7.57. The van der Waals surface area contributed by atoms with Gasteiger partial charge >= 0.3 is 58.4 Å². The number of carbonyl (C=O) groups is 1. The Morgan fingerprint density at radius 2 is 1.94 bits per heavy atom. The van der Waals surface area contributed by atoms with Gasteiger partial charge in [-0.15, -0.1) is 0 Å². The summed E-state index contributed by atoms with van der Waals surface area (Å²) in [4.78, 5) is 11.0. The number of benzene rings is 1. The fourth-order valence-corrected chi connectivity index (χ4v) is 1.08. The molecular weight excluding hydrogens is 264 g/mol. The molecule has 0 radical (unpaired) electrons. The van der Waals surface area contributed by atoms with Gasteiger partial charge in [-0.3, -0.25) is 4.79 Å². The molecule has 1 aromatic rings. The first-order valence-electron chi connectivity index (χ1n) is 4.63. The van der Waals surface area contributed by atoms with Gasteiger partial charge in [0.05, 0.1) is 0 Å². The summed E-state index contributed by atoms with van der Waals surface area (Å²) in [5.74, 6) is -1.33. The maximum atomic E-state index is 12.7. The molecule has 0 spiro atoms. The van der Waals surface area contributed by atoms with Gasteiger partial charge in [0.15, 0.2) is 0 Å². The Balaban J connectivity index is 0.00000256. The van der Waals surface area contributed by atoms with Crippen LogP contribution >= 0.6 is 0 Å². The third kappa shape index (κ3) is 7.93. The standard InChI is InChI=1S/C9H9BF4NO.K/c11-7-2-1-3-8(6-7)15-9(16)4-5-10(12,13)14;/h1-3,6H,4-5H2,(H,15,16);/q-1;+1. The average Bonchev–Trinajstić information content (AvgIpc) is 2.14. The van der Waals surface area contributed by atoms with Crippen LogP contribution in [0, 0.1) is 5.82 Å². The third-order valence-corrected chi connectivity index (χ3v) is 1.81. The molecule has 17 heavy (non-hydrogen) atoms. The third-order valence-electron chi connectivity index (χ3n) is 1.81. The number of hydrogen-bond acceptors (Lipinski definition) is 1. The van der Waals surface area contributed by atoms with Gasteiger partial charge in [-0.2, -0.15) is 0 Å². The summed E-state index contributed by atoms with van der Waals surface area (Å²) in [6, 6.07) is 4.98. The van der Waals surface area contributed by atoms with E-state index in [1.807, 2.05) is 0 Å². The molecule has 0 aliphatic heterocycles. The van der Waals surface area contributed by atoms with E-state index in [1.54, 1.807) is 0 Å². The Bertz CT molecular complexity index is 386. The number of carbonyl (C=O) groups excluding carboxylic acids is 1. The minimum absolute atomic E-state index is 0. The smallest absolute Gasteiger partial charge is 0.449 e. The van der Waals surface area contributed by atoms with Gasteiger partial charge < -0.3 is 18.3 Å². The number of rotatable bonds is 4. The molecule has 1 aromatic carbocycles. The Morgan fingerprint density at radius 3 is 2.47 bits per heavy atom. The zero-order valence-corrected chi connectivity index (χ0v) is 12.3. The first-order chi connectivity index (χ1) is 7.37. The molecule has 8 heteroatoms. The molecule has 1 N–H and O–H groups in total. The number of halogens is 4. The van der Waals surface area contributed by atoms with Gasteiger partial charge in [0.2, 0.25) is 5.91 Å². The largest absolute Gasteiger partial charge is 1.00 e. The van der Waals surface area contributed by atoms with E-state index < -0.39 is 31.4 Å². The van der Waals surface area contributed by atoms with E-state index in [4.69, 9.17) is 0 Å². The van der Waals surface area contributed by atoms with E-state index in [-0.39, 0.29) is 57.1 Å². The maximum Gasteiger partial charge on any atom is 1.00 e. The van der Waals surface area contributed by atoms with Gasteiger partial charge in [0, 0.05) is 12.1 Å². The van der Waals surface area contributed by atoms with Crippen LogP contribution in [0.3, 0.4) is 0 Å². The van der Waals surface area contributed by atoms with Crippen LogP contribution in [0.2, 0.25) is 6.32 Å². The molecule has 0 aliphatic rings. The Hall–Kier alpha value is 0.111. The summed E-state index contributed by atoms with van der Waals surface area (Å²) in [6.45, 7) is -4.96. The van der Waals surface area contributed by atoms with Crippen LogP contribution in [0.1, 0.15) is 6.42 Å². The van der Waals surface area contributed by atoms with E-state index >= 15 is 0 Å². The molecular formula is C9H9BF4KNO. The molecule has 0 fully saturated rings. The molecule has 1 amide bonds. The van der Waals surface area contributed by atoms with Gasteiger partial charge in [0.1, 0.15) is 5.82 Å². The summed E-state index contributed by atoms with van der Waals surface area (Å²) in [6.07, 6.45) is -1.76. The van der Waals surface area contributed by atoms with Crippen LogP contribution in [0.25, 0.3) is 0 Å². The minimum Gasteiger partial charge on any atom is -0.449 e. The van der Waals surface area contributed by atoms with Crippen molar-refractivity contribution < 1.29 is 73.5 Å². The zero-order valence-electron chi connectivity index (χ0n) is 9.22. The van der Waals surface area contributed by atoms with E-state index in [2.05, 4.69) is 5.32 Å². The van der Waals surface area contributed by atoms with E-state index in [0.717, 1.165) is 6.07 Å². The van der Waals surface area contributed by atoms with Gasteiger partial charge in [0.25, 0.3) is 0 Å². The summed E-state index contributed by atoms with van der Waals surface area (Å²) in [5, 5.41) is 2.19. The van der Waals surface area contributed by atoms with Crippen LogP contribution in [0.5, 0.6) is 0 Å². The summed E-state index contributed by atoms with van der Waals surface area (Å²) >= 11 is 0. The number of anilines is 1. The number of nitrogens with one attached hydrogen (secondary N) is 1. The van der Waals surface area contributed by atoms with Crippen molar-refractivity contribution in [3.8, 4) is 0 Å². The predicted molar refractivity (Wildman–Crippen MR) is 53.5 cm³/mol. The van der Waals surface area contributed by atoms with Gasteiger partial charge in [-0.1, -0.05) is 12.4 Å². The fourth-order valence-electron chi connectivity index (χ4n) is 1.08. The Morgan fingerprint density at radius 1 is 1.29 bits per heavy atom. The van der Waals surface area contributed by atoms with Crippen LogP contribution in [0.4, 0.5) is 23.0 Å². The van der Waals surface area contributed by atoms with Crippen LogP contribution in [-0.4, -0.2) is 12.9 Å². The normalized spacial score (nSPS) is 10.6. The van der Waals surface area contributed by atoms with Crippen LogP contribution < -0.4 is 56.7 Å². The monoisotopic (exact) mass is 273 g/mol. The van der Waals surface area contributed by atoms with E-state index in [1.165, 1.54) is 18.2 Å². The number of hydrogen-bond donors (Lipinski definition) is 1. The van der Waals surface area contributed by atoms with Gasteiger partial charge in [-0.05, 0) is 18.2 Å². The van der Waals surface area contributed by atoms with Crippen molar-refractivity contribution >= 4 is 18.6 Å². The second kappa shape index (κ2) is 7.52. The minimum atomic E-state index is -4.96. The van der Waals surface area contributed by atoms with Gasteiger partial charge in [-0.25, -0.2) is 4.39 Å². The van der Waals surface area contributed by atoms with Crippen molar-refractivity contribution in [2.45, 2.75) is 12.7 Å². The summed E-state index contributed by atoms with van der Waals surface area (Å²) < 4.78 is 48.2. The second-order valence-corrected chi connectivity index (χ2v) is 3.31. The average molecular weight is 273 g/mol. The molecule has 0 heterocycles. The van der Waals surface area contributed by atoms with Crippen molar-refractivity contribution in [2.24, 2.45) is 0 Å². The predicted octanol–water partition coefficient (Wildman–Crippen LogP) is 0.00570. The Labute approximate surface area is 139 Å². The maximum absolute atomic E-state index is 12.7. The fraction of sp³-hybridized carbons (Fsp3) is 0.222. The quantitative estimate of drug-likeness (QED) is 0.607. The van der Waals surface area contributed by atoms with Crippen molar-refractivity contribution in [1.29, 1.82) is 0 Å². The molecule has 0 saturated heterocycles. The molecule has 0 bridgehead atoms. The zero-order chi connectivity index (χ0) is 12.2.